The first-order valence-corrected chi connectivity index (χ1v) is 28.1. The van der Waals surface area contributed by atoms with Crippen LogP contribution in [0.2, 0.25) is 0 Å². The first-order valence-electron chi connectivity index (χ1n) is 28.1. The molecule has 0 radical (unpaired) electrons. The molecule has 2 aromatic heterocycles. The van der Waals surface area contributed by atoms with Crippen molar-refractivity contribution in [3.05, 3.63) is 72.1 Å². The summed E-state index contributed by atoms with van der Waals surface area (Å²) in [6.45, 7) is 30.4. The molecule has 24 heteroatoms. The number of benzene rings is 2. The fraction of sp³-hybridized carbons (Fsp3) is 0.559. The molecular weight excluding hydrogens is 1070 g/mol. The van der Waals surface area contributed by atoms with Crippen LogP contribution < -0.4 is 39.7 Å². The van der Waals surface area contributed by atoms with Gasteiger partial charge in [-0.05, 0) is 112 Å². The first kappa shape index (κ1) is 67.6. The van der Waals surface area contributed by atoms with E-state index in [9.17, 15) is 33.9 Å². The Labute approximate surface area is 489 Å². The summed E-state index contributed by atoms with van der Waals surface area (Å²) in [6.07, 6.45) is 2.67. The lowest BCUT2D eigenvalue weighted by Crippen LogP contribution is -2.42. The second-order valence-electron chi connectivity index (χ2n) is 21.0. The van der Waals surface area contributed by atoms with Crippen molar-refractivity contribution < 1.29 is 57.6 Å². The van der Waals surface area contributed by atoms with Gasteiger partial charge in [0.25, 0.3) is 0 Å². The fourth-order valence-corrected chi connectivity index (χ4v) is 9.02. The maximum Gasteiger partial charge on any atom is 0.415 e. The molecule has 83 heavy (non-hydrogen) atoms. The van der Waals surface area contributed by atoms with Gasteiger partial charge in [0.05, 0.1) is 38.8 Å². The first-order chi connectivity index (χ1) is 39.0. The Morgan fingerprint density at radius 3 is 1.27 bits per heavy atom. The normalized spacial score (nSPS) is 14.0. The van der Waals surface area contributed by atoms with E-state index in [0.29, 0.717) is 125 Å². The molecule has 2 aliphatic heterocycles. The van der Waals surface area contributed by atoms with E-state index < -0.39 is 41.8 Å². The number of morpholine rings is 2. The van der Waals surface area contributed by atoms with Crippen LogP contribution in [0.1, 0.15) is 109 Å². The largest absolute Gasteiger partial charge is 0.480 e. The number of aliphatic carboxylic acids is 1. The summed E-state index contributed by atoms with van der Waals surface area (Å²) >= 11 is 0. The van der Waals surface area contributed by atoms with Crippen molar-refractivity contribution in [2.45, 2.75) is 140 Å². The average molecular weight is 1160 g/mol. The highest BCUT2D eigenvalue weighted by Crippen LogP contribution is 2.31. The fourth-order valence-electron chi connectivity index (χ4n) is 9.02. The second kappa shape index (κ2) is 32.1. The van der Waals surface area contributed by atoms with Crippen LogP contribution in [0.5, 0.6) is 11.5 Å². The van der Waals surface area contributed by atoms with Gasteiger partial charge < -0.3 is 68.8 Å². The third kappa shape index (κ3) is 19.9. The molecule has 0 spiro atoms. The van der Waals surface area contributed by atoms with Crippen molar-refractivity contribution in [2.75, 3.05) is 109 Å². The number of nitrogens with one attached hydrogen (secondary N) is 2. The highest BCUT2D eigenvalue weighted by atomic mass is 16.6. The molecule has 24 nitrogen and oxygen atoms in total. The van der Waals surface area contributed by atoms with Crippen LogP contribution >= 0.6 is 0 Å². The summed E-state index contributed by atoms with van der Waals surface area (Å²) in [7, 11) is 0. The third-order valence-electron chi connectivity index (χ3n) is 13.1. The Bertz CT molecular complexity index is 2740. The van der Waals surface area contributed by atoms with Crippen LogP contribution in [0, 0.1) is 0 Å². The number of carboxylic acid groups (broad SMARTS) is 1. The Morgan fingerprint density at radius 1 is 0.602 bits per heavy atom. The van der Waals surface area contributed by atoms with Crippen molar-refractivity contribution >= 4 is 70.8 Å². The molecule has 2 fully saturated rings. The summed E-state index contributed by atoms with van der Waals surface area (Å²) in [5, 5.41) is 16.4. The van der Waals surface area contributed by atoms with Gasteiger partial charge in [0.1, 0.15) is 40.6 Å². The van der Waals surface area contributed by atoms with E-state index in [1.54, 1.807) is 75.6 Å². The monoisotopic (exact) mass is 1160 g/mol. The molecule has 4 aromatic rings. The molecular formula is C59H88N12O12. The number of ether oxygens (including phenoxy) is 5. The van der Waals surface area contributed by atoms with Crippen LogP contribution in [0.15, 0.2) is 60.9 Å². The maximum absolute atomic E-state index is 13.5. The van der Waals surface area contributed by atoms with Gasteiger partial charge in [-0.1, -0.05) is 31.7 Å². The third-order valence-corrected chi connectivity index (χ3v) is 13.1. The molecule has 4 amide bonds. The summed E-state index contributed by atoms with van der Waals surface area (Å²) in [6, 6.07) is 11.5. The number of rotatable bonds is 22. The summed E-state index contributed by atoms with van der Waals surface area (Å²) in [5.74, 6) is 0.381. The Hall–Kier alpha value is -7.86. The summed E-state index contributed by atoms with van der Waals surface area (Å²) in [5.41, 5.74) is 1.68. The van der Waals surface area contributed by atoms with Gasteiger partial charge in [-0.15, -0.1) is 0 Å². The number of carbonyl (C=O) groups is 6. The van der Waals surface area contributed by atoms with E-state index in [4.69, 9.17) is 28.7 Å². The van der Waals surface area contributed by atoms with Crippen LogP contribution in [0.4, 0.5) is 44.5 Å². The van der Waals surface area contributed by atoms with Gasteiger partial charge in [-0.3, -0.25) is 9.59 Å². The number of amides is 4. The lowest BCUT2D eigenvalue weighted by molar-refractivity contribution is -0.155. The van der Waals surface area contributed by atoms with Gasteiger partial charge in [0, 0.05) is 91.1 Å². The van der Waals surface area contributed by atoms with E-state index in [1.807, 2.05) is 86.0 Å². The lowest BCUT2D eigenvalue weighted by atomic mass is 10.0. The minimum Gasteiger partial charge on any atom is -0.480 e. The molecule has 2 aliphatic rings. The van der Waals surface area contributed by atoms with E-state index in [0.717, 1.165) is 5.56 Å². The van der Waals surface area contributed by atoms with Gasteiger partial charge in [-0.2, -0.15) is 9.97 Å². The summed E-state index contributed by atoms with van der Waals surface area (Å²) in [4.78, 5) is 104. The topological polar surface area (TPSA) is 264 Å². The zero-order chi connectivity index (χ0) is 60.3. The number of aromatic nitrogens is 4. The standard InChI is InChI=1S/C31H46N6O6.C27H38N6O6.CH4/c1-9-35(10-2)29-32-20-26(37(21(3)4)22(5)38)27(34-29)33-25(28(39)43-31(6,7)8)19-23-11-13-24(14-12-23)42-30(40)36-15-17-41-18-16-36;1-6-31(7-2)26-28-17-23(33(18(3)4)19(5)34)24(30-26)29-22(25(35)36)16-20-8-10-21(11-9-20)39-27(37)32-12-14-38-15-13-32;/h11-14,20-21,25H,9-10,15-19H2,1-8H3,(H,32,33,34);8-11,17-18,22H,6-7,12-16H2,1-5H3,(H,35,36)(H,28,29,30);1H4/t25-;22-;/m00./s1. The highest BCUT2D eigenvalue weighted by molar-refractivity contribution is 5.96. The van der Waals surface area contributed by atoms with E-state index >= 15 is 0 Å². The van der Waals surface area contributed by atoms with Crippen LogP contribution in [-0.2, 0) is 46.2 Å². The molecule has 0 aliphatic carbocycles. The zero-order valence-corrected chi connectivity index (χ0v) is 49.9. The number of carboxylic acids is 1. The molecule has 6 rings (SSSR count). The molecule has 456 valence electrons. The number of hydrogen-bond donors (Lipinski definition) is 3. The lowest BCUT2D eigenvalue weighted by Gasteiger charge is -2.30. The number of carbonyl (C=O) groups excluding carboxylic acids is 5. The number of anilines is 6. The van der Waals surface area contributed by atoms with Gasteiger partial charge >= 0.3 is 24.1 Å². The Kier molecular flexibility index (Phi) is 26.2. The SMILES string of the molecule is C.CCN(CC)c1ncc(N(C(C)=O)C(C)C)c(N[C@@H](Cc2ccc(OC(=O)N3CCOCC3)cc2)C(=O)O)n1.CCN(CC)c1ncc(N(C(C)=O)C(C)C)c(N[C@@H](Cc2ccc(OC(=O)N3CCOCC3)cc2)C(=O)OC(C)(C)C)n1. The van der Waals surface area contributed by atoms with Crippen molar-refractivity contribution in [1.29, 1.82) is 0 Å². The van der Waals surface area contributed by atoms with Crippen LogP contribution in [0.3, 0.4) is 0 Å². The molecule has 0 bridgehead atoms. The number of hydrogen-bond acceptors (Lipinski definition) is 19. The van der Waals surface area contributed by atoms with Crippen LogP contribution in [-0.4, -0.2) is 179 Å². The molecule has 0 saturated carbocycles. The van der Waals surface area contributed by atoms with Crippen molar-refractivity contribution in [1.82, 2.24) is 29.7 Å². The molecule has 0 unspecified atom stereocenters. The highest BCUT2D eigenvalue weighted by Gasteiger charge is 2.31. The van der Waals surface area contributed by atoms with Gasteiger partial charge in [0.2, 0.25) is 23.7 Å². The minimum atomic E-state index is -1.08. The van der Waals surface area contributed by atoms with E-state index in [-0.39, 0.29) is 50.0 Å². The molecule has 2 atom stereocenters. The zero-order valence-electron chi connectivity index (χ0n) is 49.9. The minimum absolute atomic E-state index is 0. The van der Waals surface area contributed by atoms with Crippen molar-refractivity contribution in [3.8, 4) is 11.5 Å². The predicted octanol–water partition coefficient (Wildman–Crippen LogP) is 7.94. The van der Waals surface area contributed by atoms with Crippen molar-refractivity contribution in [3.63, 3.8) is 0 Å². The molecule has 2 saturated heterocycles. The second-order valence-corrected chi connectivity index (χ2v) is 21.0. The average Bonchev–Trinajstić information content (AvgIpc) is 3.64. The number of nitrogens with zero attached hydrogens (tertiary/aromatic N) is 10. The van der Waals surface area contributed by atoms with E-state index in [2.05, 4.69) is 25.6 Å². The van der Waals surface area contributed by atoms with E-state index in [1.165, 1.54) is 18.7 Å². The van der Waals surface area contributed by atoms with Crippen molar-refractivity contribution in [2.24, 2.45) is 0 Å². The molecule has 4 heterocycles. The van der Waals surface area contributed by atoms with Gasteiger partial charge in [0.15, 0.2) is 11.6 Å². The smallest absolute Gasteiger partial charge is 0.415 e. The maximum atomic E-state index is 13.5. The Morgan fingerprint density at radius 2 is 0.952 bits per heavy atom. The quantitative estimate of drug-likeness (QED) is 0.0630. The molecule has 3 N–H and O–H groups in total. The van der Waals surface area contributed by atoms with Crippen LogP contribution in [0.25, 0.3) is 0 Å². The molecule has 2 aromatic carbocycles. The summed E-state index contributed by atoms with van der Waals surface area (Å²) < 4.78 is 27.3. The predicted molar refractivity (Wildman–Crippen MR) is 320 cm³/mol. The Balaban J connectivity index is 0.000000354. The van der Waals surface area contributed by atoms with Gasteiger partial charge in [-0.25, -0.2) is 29.1 Å². The number of esters is 1.